The fraction of sp³-hybridized carbons (Fsp3) is 0.880. The van der Waals surface area contributed by atoms with Crippen LogP contribution in [0.15, 0.2) is 12.2 Å². The van der Waals surface area contributed by atoms with Gasteiger partial charge in [0.25, 0.3) is 7.82 Å². The van der Waals surface area contributed by atoms with Crippen molar-refractivity contribution in [1.29, 1.82) is 0 Å². The van der Waals surface area contributed by atoms with Crippen molar-refractivity contribution >= 4 is 13.7 Å². The zero-order chi connectivity index (χ0) is 25.9. The Kier molecular flexibility index (Phi) is 19.0. The van der Waals surface area contributed by atoms with Crippen molar-refractivity contribution in [3.05, 3.63) is 12.2 Å². The Morgan fingerprint density at radius 3 is 2.03 bits per heavy atom. The summed E-state index contributed by atoms with van der Waals surface area (Å²) in [5, 5.41) is 12.9. The lowest BCUT2D eigenvalue weighted by atomic mass is 10.0. The van der Waals surface area contributed by atoms with E-state index in [9.17, 15) is 19.4 Å². The third-order valence-corrected chi connectivity index (χ3v) is 6.50. The summed E-state index contributed by atoms with van der Waals surface area (Å²) >= 11 is 0. The van der Waals surface area contributed by atoms with Crippen molar-refractivity contribution in [1.82, 2.24) is 5.32 Å². The molecule has 0 bridgehead atoms. The smallest absolute Gasteiger partial charge is 0.268 e. The number of hydrogen-bond donors (Lipinski definition) is 2. The zero-order valence-electron chi connectivity index (χ0n) is 22.3. The van der Waals surface area contributed by atoms with Crippen molar-refractivity contribution in [3.8, 4) is 0 Å². The van der Waals surface area contributed by atoms with Gasteiger partial charge in [0.15, 0.2) is 0 Å². The van der Waals surface area contributed by atoms with E-state index in [4.69, 9.17) is 9.05 Å². The summed E-state index contributed by atoms with van der Waals surface area (Å²) in [5.41, 5.74) is 0. The van der Waals surface area contributed by atoms with Gasteiger partial charge in [0.2, 0.25) is 5.91 Å². The van der Waals surface area contributed by atoms with Gasteiger partial charge in [-0.3, -0.25) is 9.36 Å². The molecule has 3 unspecified atom stereocenters. The number of phosphoric acid groups is 1. The normalized spacial score (nSPS) is 15.9. The Labute approximate surface area is 208 Å². The van der Waals surface area contributed by atoms with Crippen LogP contribution >= 0.6 is 7.82 Å². The van der Waals surface area contributed by atoms with Crippen LogP contribution in [0.5, 0.6) is 0 Å². The Morgan fingerprint density at radius 1 is 1.00 bits per heavy atom. The standard InChI is InChI=1S/C25H51N2O6P/c1-6-7-8-9-10-11-12-13-14-15-16-17-18-19-25(29)24(26-23(2)28)22-33-34(30,31)32-21-20-27(3,4)5/h18-19,24-25,29H,6-17,20-22H2,1-5H3,(H-,26,28,30,31)/b19-18+. The minimum absolute atomic E-state index is 0.00348. The highest BCUT2D eigenvalue weighted by Crippen LogP contribution is 2.38. The molecule has 0 rings (SSSR count). The van der Waals surface area contributed by atoms with Crippen molar-refractivity contribution < 1.29 is 32.9 Å². The number of phosphoric ester groups is 1. The Morgan fingerprint density at radius 2 is 1.53 bits per heavy atom. The average Bonchev–Trinajstić information content (AvgIpc) is 2.73. The van der Waals surface area contributed by atoms with Crippen LogP contribution < -0.4 is 10.2 Å². The predicted molar refractivity (Wildman–Crippen MR) is 136 cm³/mol. The third kappa shape index (κ3) is 21.8. The molecule has 3 atom stereocenters. The quantitative estimate of drug-likeness (QED) is 0.0980. The number of hydrogen-bond acceptors (Lipinski definition) is 6. The number of carbonyl (C=O) groups excluding carboxylic acids is 1. The monoisotopic (exact) mass is 506 g/mol. The molecule has 0 aliphatic heterocycles. The third-order valence-electron chi connectivity index (χ3n) is 5.53. The van der Waals surface area contributed by atoms with E-state index in [2.05, 4.69) is 12.2 Å². The number of allylic oxidation sites excluding steroid dienone is 1. The number of nitrogens with one attached hydrogen (secondary N) is 1. The fourth-order valence-electron chi connectivity index (χ4n) is 3.42. The minimum Gasteiger partial charge on any atom is -0.756 e. The van der Waals surface area contributed by atoms with Gasteiger partial charge in [-0.1, -0.05) is 83.3 Å². The zero-order valence-corrected chi connectivity index (χ0v) is 23.2. The van der Waals surface area contributed by atoms with Gasteiger partial charge in [-0.05, 0) is 12.8 Å². The molecule has 0 heterocycles. The van der Waals surface area contributed by atoms with Crippen molar-refractivity contribution in [2.24, 2.45) is 0 Å². The largest absolute Gasteiger partial charge is 0.756 e. The number of aliphatic hydroxyl groups excluding tert-OH is 1. The van der Waals surface area contributed by atoms with Gasteiger partial charge in [0.1, 0.15) is 13.2 Å². The molecule has 34 heavy (non-hydrogen) atoms. The Bertz CT molecular complexity index is 594. The molecule has 0 aromatic rings. The molecule has 2 N–H and O–H groups in total. The fourth-order valence-corrected chi connectivity index (χ4v) is 4.14. The first kappa shape index (κ1) is 33.2. The lowest BCUT2D eigenvalue weighted by molar-refractivity contribution is -0.870. The van der Waals surface area contributed by atoms with Gasteiger partial charge in [0.05, 0.1) is 39.9 Å². The second-order valence-corrected chi connectivity index (χ2v) is 11.6. The van der Waals surface area contributed by atoms with Gasteiger partial charge < -0.3 is 28.8 Å². The van der Waals surface area contributed by atoms with Crippen LogP contribution in [0, 0.1) is 0 Å². The van der Waals surface area contributed by atoms with E-state index in [1.165, 1.54) is 64.7 Å². The van der Waals surface area contributed by atoms with Gasteiger partial charge >= 0.3 is 0 Å². The maximum atomic E-state index is 12.0. The molecule has 0 aliphatic rings. The molecule has 0 aromatic carbocycles. The van der Waals surface area contributed by atoms with Crippen molar-refractivity contribution in [2.75, 3.05) is 40.9 Å². The molecule has 0 fully saturated rings. The molecule has 202 valence electrons. The topological polar surface area (TPSA) is 108 Å². The van der Waals surface area contributed by atoms with Crippen LogP contribution in [0.1, 0.15) is 90.9 Å². The number of nitrogens with zero attached hydrogens (tertiary/aromatic N) is 1. The lowest BCUT2D eigenvalue weighted by Gasteiger charge is -2.29. The first-order valence-electron chi connectivity index (χ1n) is 13.0. The molecule has 1 amide bonds. The van der Waals surface area contributed by atoms with Crippen LogP contribution in [-0.2, 0) is 18.4 Å². The molecule has 9 heteroatoms. The molecule has 0 aromatic heterocycles. The first-order valence-corrected chi connectivity index (χ1v) is 14.5. The summed E-state index contributed by atoms with van der Waals surface area (Å²) < 4.78 is 22.3. The van der Waals surface area contributed by atoms with E-state index in [1.54, 1.807) is 6.08 Å². The second kappa shape index (κ2) is 19.4. The number of aliphatic hydroxyl groups is 1. The summed E-state index contributed by atoms with van der Waals surface area (Å²) in [6.07, 6.45) is 17.3. The molecule has 0 aliphatic carbocycles. The summed E-state index contributed by atoms with van der Waals surface area (Å²) in [4.78, 5) is 23.5. The van der Waals surface area contributed by atoms with E-state index in [0.29, 0.717) is 11.0 Å². The van der Waals surface area contributed by atoms with Gasteiger partial charge in [0, 0.05) is 6.92 Å². The predicted octanol–water partition coefficient (Wildman–Crippen LogP) is 4.32. The number of unbranched alkanes of at least 4 members (excludes halogenated alkanes) is 11. The van der Waals surface area contributed by atoms with E-state index in [0.717, 1.165) is 19.3 Å². The second-order valence-electron chi connectivity index (χ2n) is 10.1. The van der Waals surface area contributed by atoms with E-state index in [1.807, 2.05) is 27.2 Å². The van der Waals surface area contributed by atoms with Crippen LogP contribution in [0.4, 0.5) is 0 Å². The van der Waals surface area contributed by atoms with Gasteiger partial charge in [-0.25, -0.2) is 0 Å². The highest BCUT2D eigenvalue weighted by Gasteiger charge is 2.22. The number of quaternary nitrogens is 1. The number of likely N-dealkylation sites (N-methyl/N-ethyl adjacent to an activating group) is 1. The maximum absolute atomic E-state index is 12.0. The summed E-state index contributed by atoms with van der Waals surface area (Å²) in [7, 11) is 1.25. The Balaban J connectivity index is 4.16. The summed E-state index contributed by atoms with van der Waals surface area (Å²) in [6.45, 7) is 3.65. The van der Waals surface area contributed by atoms with Crippen LogP contribution in [0.3, 0.4) is 0 Å². The van der Waals surface area contributed by atoms with Crippen LogP contribution in [0.2, 0.25) is 0 Å². The van der Waals surface area contributed by atoms with Gasteiger partial charge in [-0.15, -0.1) is 0 Å². The van der Waals surface area contributed by atoms with E-state index in [-0.39, 0.29) is 12.5 Å². The molecule has 0 radical (unpaired) electrons. The number of amides is 1. The first-order chi connectivity index (χ1) is 16.0. The molecular formula is C25H51N2O6P. The summed E-state index contributed by atoms with van der Waals surface area (Å²) in [6, 6.07) is -0.879. The maximum Gasteiger partial charge on any atom is 0.268 e. The number of rotatable bonds is 22. The molecule has 8 nitrogen and oxygen atoms in total. The SMILES string of the molecule is CCCCCCCCCCCCC/C=C/C(O)C(COP(=O)([O-])OCC[N+](C)(C)C)NC(C)=O. The molecular weight excluding hydrogens is 455 g/mol. The minimum atomic E-state index is -4.52. The van der Waals surface area contributed by atoms with Crippen molar-refractivity contribution in [2.45, 2.75) is 103 Å². The lowest BCUT2D eigenvalue weighted by Crippen LogP contribution is -2.45. The van der Waals surface area contributed by atoms with Crippen LogP contribution in [0.25, 0.3) is 0 Å². The highest BCUT2D eigenvalue weighted by molar-refractivity contribution is 7.45. The average molecular weight is 507 g/mol. The Hall–Kier alpha value is -0.760. The van der Waals surface area contributed by atoms with Crippen LogP contribution in [-0.4, -0.2) is 68.5 Å². The number of carbonyl (C=O) groups is 1. The molecule has 0 spiro atoms. The van der Waals surface area contributed by atoms with Crippen molar-refractivity contribution in [3.63, 3.8) is 0 Å². The van der Waals surface area contributed by atoms with E-state index < -0.39 is 26.6 Å². The van der Waals surface area contributed by atoms with E-state index >= 15 is 0 Å². The van der Waals surface area contributed by atoms with Gasteiger partial charge in [-0.2, -0.15) is 0 Å². The molecule has 0 saturated heterocycles. The highest BCUT2D eigenvalue weighted by atomic mass is 31.2. The molecule has 0 saturated carbocycles. The summed E-state index contributed by atoms with van der Waals surface area (Å²) in [5.74, 6) is -0.377.